The molecule has 0 unspecified atom stereocenters. The van der Waals surface area contributed by atoms with E-state index in [1.54, 1.807) is 12.1 Å². The van der Waals surface area contributed by atoms with Crippen molar-refractivity contribution in [1.82, 2.24) is 10.3 Å². The van der Waals surface area contributed by atoms with E-state index >= 15 is 0 Å². The molecular formula is C23H24FN3O. The van der Waals surface area contributed by atoms with Gasteiger partial charge in [-0.2, -0.15) is 0 Å². The van der Waals surface area contributed by atoms with E-state index < -0.39 is 0 Å². The third kappa shape index (κ3) is 3.70. The van der Waals surface area contributed by atoms with E-state index in [4.69, 9.17) is 4.98 Å². The van der Waals surface area contributed by atoms with E-state index in [9.17, 15) is 9.18 Å². The predicted molar refractivity (Wildman–Crippen MR) is 111 cm³/mol. The maximum absolute atomic E-state index is 14.0. The lowest BCUT2D eigenvalue weighted by Gasteiger charge is -2.34. The number of piperidine rings is 1. The van der Waals surface area contributed by atoms with Crippen molar-refractivity contribution in [3.05, 3.63) is 60.4 Å². The average molecular weight is 377 g/mol. The van der Waals surface area contributed by atoms with Gasteiger partial charge in [-0.3, -0.25) is 4.79 Å². The maximum Gasteiger partial charge on any atom is 0.223 e. The lowest BCUT2D eigenvalue weighted by molar-refractivity contribution is -0.125. The molecule has 4 nitrogen and oxygen atoms in total. The third-order valence-electron chi connectivity index (χ3n) is 5.38. The van der Waals surface area contributed by atoms with E-state index in [1.807, 2.05) is 43.3 Å². The number of rotatable bonds is 4. The fourth-order valence-corrected chi connectivity index (χ4v) is 3.90. The second kappa shape index (κ2) is 7.97. The highest BCUT2D eigenvalue weighted by Gasteiger charge is 2.26. The van der Waals surface area contributed by atoms with E-state index in [0.717, 1.165) is 53.8 Å². The first-order valence-electron chi connectivity index (χ1n) is 9.84. The van der Waals surface area contributed by atoms with Crippen molar-refractivity contribution in [3.8, 4) is 11.3 Å². The molecule has 4 rings (SSSR count). The van der Waals surface area contributed by atoms with Crippen LogP contribution >= 0.6 is 0 Å². The number of pyridine rings is 1. The minimum atomic E-state index is -0.264. The Morgan fingerprint density at radius 2 is 1.89 bits per heavy atom. The Hall–Kier alpha value is -2.95. The van der Waals surface area contributed by atoms with Crippen molar-refractivity contribution in [2.45, 2.75) is 19.8 Å². The van der Waals surface area contributed by atoms with Crippen LogP contribution in [0.3, 0.4) is 0 Å². The van der Waals surface area contributed by atoms with Crippen LogP contribution in [0.2, 0.25) is 0 Å². The van der Waals surface area contributed by atoms with Crippen molar-refractivity contribution < 1.29 is 9.18 Å². The molecule has 1 saturated heterocycles. The Labute approximate surface area is 164 Å². The fourth-order valence-electron chi connectivity index (χ4n) is 3.90. The lowest BCUT2D eigenvalue weighted by Crippen LogP contribution is -2.40. The summed E-state index contributed by atoms with van der Waals surface area (Å²) in [6.45, 7) is 4.14. The molecule has 2 heterocycles. The van der Waals surface area contributed by atoms with Gasteiger partial charge in [-0.1, -0.05) is 30.3 Å². The molecule has 1 aliphatic rings. The number of hydrogen-bond donors (Lipinski definition) is 1. The number of fused-ring (bicyclic) bond motifs is 1. The van der Waals surface area contributed by atoms with Crippen LogP contribution in [0.15, 0.2) is 54.6 Å². The Morgan fingerprint density at radius 1 is 1.14 bits per heavy atom. The SMILES string of the molecule is CCNC(=O)C1CCN(c2cc(-c3ccccc3)nc3ccc(F)cc23)CC1. The molecule has 0 saturated carbocycles. The van der Waals surface area contributed by atoms with Gasteiger partial charge in [-0.05, 0) is 44.0 Å². The number of aromatic nitrogens is 1. The second-order valence-corrected chi connectivity index (χ2v) is 7.21. The Morgan fingerprint density at radius 3 is 2.61 bits per heavy atom. The first-order valence-corrected chi connectivity index (χ1v) is 9.84. The smallest absolute Gasteiger partial charge is 0.223 e. The molecule has 0 bridgehead atoms. The molecule has 0 atom stereocenters. The summed E-state index contributed by atoms with van der Waals surface area (Å²) in [5.41, 5.74) is 3.68. The minimum Gasteiger partial charge on any atom is -0.371 e. The van der Waals surface area contributed by atoms with Gasteiger partial charge in [0.05, 0.1) is 11.2 Å². The van der Waals surface area contributed by atoms with Gasteiger partial charge in [-0.25, -0.2) is 9.37 Å². The van der Waals surface area contributed by atoms with Gasteiger partial charge in [0.15, 0.2) is 0 Å². The minimum absolute atomic E-state index is 0.0506. The quantitative estimate of drug-likeness (QED) is 0.733. The van der Waals surface area contributed by atoms with Gasteiger partial charge in [0.25, 0.3) is 0 Å². The number of benzene rings is 2. The van der Waals surface area contributed by atoms with Gasteiger partial charge in [0, 0.05) is 42.2 Å². The lowest BCUT2D eigenvalue weighted by atomic mass is 9.95. The summed E-state index contributed by atoms with van der Waals surface area (Å²) in [7, 11) is 0. The number of carbonyl (C=O) groups excluding carboxylic acids is 1. The molecule has 2 aromatic carbocycles. The molecule has 1 N–H and O–H groups in total. The number of halogens is 1. The van der Waals surface area contributed by atoms with Gasteiger partial charge < -0.3 is 10.2 Å². The van der Waals surface area contributed by atoms with Crippen LogP contribution < -0.4 is 10.2 Å². The Bertz CT molecular complexity index is 982. The summed E-state index contributed by atoms with van der Waals surface area (Å²) in [4.78, 5) is 19.2. The van der Waals surface area contributed by atoms with Crippen LogP contribution in [0.1, 0.15) is 19.8 Å². The summed E-state index contributed by atoms with van der Waals surface area (Å²) in [6.07, 6.45) is 1.59. The highest BCUT2D eigenvalue weighted by atomic mass is 19.1. The monoisotopic (exact) mass is 377 g/mol. The number of carbonyl (C=O) groups is 1. The number of anilines is 1. The topological polar surface area (TPSA) is 45.2 Å². The van der Waals surface area contributed by atoms with Gasteiger partial charge in [0.1, 0.15) is 5.82 Å². The number of amides is 1. The summed E-state index contributed by atoms with van der Waals surface area (Å²) in [5.74, 6) is -0.0763. The van der Waals surface area contributed by atoms with Crippen molar-refractivity contribution in [3.63, 3.8) is 0 Å². The van der Waals surface area contributed by atoms with E-state index in [-0.39, 0.29) is 17.6 Å². The number of nitrogens with zero attached hydrogens (tertiary/aromatic N) is 2. The molecule has 0 spiro atoms. The van der Waals surface area contributed by atoms with Crippen LogP contribution in [-0.4, -0.2) is 30.5 Å². The molecule has 0 radical (unpaired) electrons. The summed E-state index contributed by atoms with van der Waals surface area (Å²) in [6, 6.07) is 16.8. The van der Waals surface area contributed by atoms with E-state index in [1.165, 1.54) is 6.07 Å². The van der Waals surface area contributed by atoms with Crippen LogP contribution in [-0.2, 0) is 4.79 Å². The van der Waals surface area contributed by atoms with Crippen LogP contribution in [0, 0.1) is 11.7 Å². The molecule has 1 amide bonds. The number of nitrogens with one attached hydrogen (secondary N) is 1. The average Bonchev–Trinajstić information content (AvgIpc) is 2.74. The molecule has 144 valence electrons. The summed E-state index contributed by atoms with van der Waals surface area (Å²) in [5, 5.41) is 3.74. The van der Waals surface area contributed by atoms with Crippen molar-refractivity contribution in [2.24, 2.45) is 5.92 Å². The van der Waals surface area contributed by atoms with Crippen molar-refractivity contribution >= 4 is 22.5 Å². The number of hydrogen-bond acceptors (Lipinski definition) is 3. The zero-order valence-electron chi connectivity index (χ0n) is 16.0. The standard InChI is InChI=1S/C23H24FN3O/c1-2-25-23(28)17-10-12-27(13-11-17)22-15-21(16-6-4-3-5-7-16)26-20-9-8-18(24)14-19(20)22/h3-9,14-15,17H,2,10-13H2,1H3,(H,25,28). The molecule has 0 aliphatic carbocycles. The second-order valence-electron chi connectivity index (χ2n) is 7.21. The van der Waals surface area contributed by atoms with Crippen molar-refractivity contribution in [1.29, 1.82) is 0 Å². The molecule has 3 aromatic rings. The summed E-state index contributed by atoms with van der Waals surface area (Å²) < 4.78 is 14.0. The largest absolute Gasteiger partial charge is 0.371 e. The van der Waals surface area contributed by atoms with Crippen molar-refractivity contribution in [2.75, 3.05) is 24.5 Å². The molecule has 1 aliphatic heterocycles. The fraction of sp³-hybridized carbons (Fsp3) is 0.304. The summed E-state index contributed by atoms with van der Waals surface area (Å²) >= 11 is 0. The normalized spacial score (nSPS) is 15.0. The molecule has 28 heavy (non-hydrogen) atoms. The zero-order chi connectivity index (χ0) is 19.5. The first kappa shape index (κ1) is 18.4. The maximum atomic E-state index is 14.0. The van der Waals surface area contributed by atoms with Gasteiger partial charge >= 0.3 is 0 Å². The van der Waals surface area contributed by atoms with E-state index in [2.05, 4.69) is 10.2 Å². The van der Waals surface area contributed by atoms with Crippen LogP contribution in [0.25, 0.3) is 22.2 Å². The van der Waals surface area contributed by atoms with Crippen LogP contribution in [0.5, 0.6) is 0 Å². The predicted octanol–water partition coefficient (Wildman–Crippen LogP) is 4.39. The highest BCUT2D eigenvalue weighted by Crippen LogP contribution is 2.33. The van der Waals surface area contributed by atoms with Gasteiger partial charge in [-0.15, -0.1) is 0 Å². The first-order chi connectivity index (χ1) is 13.7. The highest BCUT2D eigenvalue weighted by molar-refractivity contribution is 5.94. The Balaban J connectivity index is 1.69. The van der Waals surface area contributed by atoms with E-state index in [0.29, 0.717) is 6.54 Å². The Kier molecular flexibility index (Phi) is 5.24. The van der Waals surface area contributed by atoms with Crippen LogP contribution in [0.4, 0.5) is 10.1 Å². The molecular weight excluding hydrogens is 353 g/mol. The molecule has 1 fully saturated rings. The third-order valence-corrected chi connectivity index (χ3v) is 5.38. The molecule has 1 aromatic heterocycles. The molecule has 5 heteroatoms. The zero-order valence-corrected chi connectivity index (χ0v) is 16.0. The van der Waals surface area contributed by atoms with Gasteiger partial charge in [0.2, 0.25) is 5.91 Å².